The summed E-state index contributed by atoms with van der Waals surface area (Å²) < 4.78 is 0. The maximum atomic E-state index is 3.90. The highest BCUT2D eigenvalue weighted by Crippen LogP contribution is 2.24. The molecule has 82 valence electrons. The molecule has 16 heavy (non-hydrogen) atoms. The summed E-state index contributed by atoms with van der Waals surface area (Å²) in [5, 5.41) is 6.01. The third-order valence-corrected chi connectivity index (χ3v) is 2.82. The van der Waals surface area contributed by atoms with Gasteiger partial charge in [0.25, 0.3) is 0 Å². The Balaban J connectivity index is 2.54. The quantitative estimate of drug-likeness (QED) is 0.761. The minimum Gasteiger partial charge on any atom is -0.307 e. The molecule has 0 spiro atoms. The van der Waals surface area contributed by atoms with Crippen molar-refractivity contribution >= 4 is 10.8 Å². The van der Waals surface area contributed by atoms with Gasteiger partial charge in [0.05, 0.1) is 6.04 Å². The van der Waals surface area contributed by atoms with Gasteiger partial charge in [-0.15, -0.1) is 6.58 Å². The Hall–Kier alpha value is -1.60. The zero-order chi connectivity index (χ0) is 11.4. The zero-order valence-electron chi connectivity index (χ0n) is 9.61. The second-order valence-corrected chi connectivity index (χ2v) is 3.84. The molecule has 1 heteroatoms. The molecule has 0 radical (unpaired) electrons. The van der Waals surface area contributed by atoms with Crippen LogP contribution in [0.1, 0.15) is 18.5 Å². The van der Waals surface area contributed by atoms with E-state index in [-0.39, 0.29) is 6.04 Å². The van der Waals surface area contributed by atoms with Crippen molar-refractivity contribution in [1.82, 2.24) is 5.32 Å². The van der Waals surface area contributed by atoms with Crippen LogP contribution >= 0.6 is 0 Å². The lowest BCUT2D eigenvalue weighted by atomic mass is 9.99. The maximum Gasteiger partial charge on any atom is 0.0509 e. The third kappa shape index (κ3) is 2.00. The highest BCUT2D eigenvalue weighted by Gasteiger charge is 2.08. The summed E-state index contributed by atoms with van der Waals surface area (Å²) >= 11 is 0. The number of nitrogens with one attached hydrogen (secondary N) is 1. The Labute approximate surface area is 96.8 Å². The minimum absolute atomic E-state index is 0.232. The van der Waals surface area contributed by atoms with E-state index < -0.39 is 0 Å². The largest absolute Gasteiger partial charge is 0.307 e. The molecule has 0 aliphatic rings. The highest BCUT2D eigenvalue weighted by molar-refractivity contribution is 5.86. The second kappa shape index (κ2) is 4.95. The number of likely N-dealkylation sites (N-methyl/N-ethyl adjacent to an activating group) is 1. The van der Waals surface area contributed by atoms with Crippen LogP contribution in [0.4, 0.5) is 0 Å². The van der Waals surface area contributed by atoms with E-state index in [1.807, 2.05) is 6.08 Å². The SMILES string of the molecule is C=CC(NCC)c1cccc2ccccc12. The van der Waals surface area contributed by atoms with Crippen LogP contribution < -0.4 is 5.32 Å². The molecule has 0 aromatic heterocycles. The first-order chi connectivity index (χ1) is 7.86. The van der Waals surface area contributed by atoms with Crippen LogP contribution in [0, 0.1) is 0 Å². The first-order valence-corrected chi connectivity index (χ1v) is 5.70. The summed E-state index contributed by atoms with van der Waals surface area (Å²) in [5.41, 5.74) is 1.30. The van der Waals surface area contributed by atoms with E-state index in [9.17, 15) is 0 Å². The summed E-state index contributed by atoms with van der Waals surface area (Å²) in [6.07, 6.45) is 1.96. The molecule has 0 aliphatic carbocycles. The van der Waals surface area contributed by atoms with Crippen molar-refractivity contribution in [3.63, 3.8) is 0 Å². The van der Waals surface area contributed by atoms with Crippen LogP contribution in [-0.4, -0.2) is 6.54 Å². The maximum absolute atomic E-state index is 3.90. The first-order valence-electron chi connectivity index (χ1n) is 5.70. The Bertz CT molecular complexity index is 482. The lowest BCUT2D eigenvalue weighted by molar-refractivity contribution is 0.653. The van der Waals surface area contributed by atoms with Crippen molar-refractivity contribution in [3.8, 4) is 0 Å². The molecule has 2 rings (SSSR count). The fourth-order valence-corrected chi connectivity index (χ4v) is 2.06. The number of fused-ring (bicyclic) bond motifs is 1. The summed E-state index contributed by atoms with van der Waals surface area (Å²) in [6.45, 7) is 6.96. The van der Waals surface area contributed by atoms with Crippen LogP contribution in [0.25, 0.3) is 10.8 Å². The lowest BCUT2D eigenvalue weighted by Crippen LogP contribution is -2.18. The van der Waals surface area contributed by atoms with E-state index in [2.05, 4.69) is 61.3 Å². The van der Waals surface area contributed by atoms with Gasteiger partial charge in [0.15, 0.2) is 0 Å². The van der Waals surface area contributed by atoms with E-state index >= 15 is 0 Å². The monoisotopic (exact) mass is 211 g/mol. The summed E-state index contributed by atoms with van der Waals surface area (Å²) in [5.74, 6) is 0. The second-order valence-electron chi connectivity index (χ2n) is 3.84. The fraction of sp³-hybridized carbons (Fsp3) is 0.200. The lowest BCUT2D eigenvalue weighted by Gasteiger charge is -2.16. The predicted molar refractivity (Wildman–Crippen MR) is 70.6 cm³/mol. The van der Waals surface area contributed by atoms with Crippen LogP contribution in [0.5, 0.6) is 0 Å². The van der Waals surface area contributed by atoms with Crippen LogP contribution in [0.15, 0.2) is 55.1 Å². The molecule has 0 saturated carbocycles. The van der Waals surface area contributed by atoms with Crippen molar-refractivity contribution in [2.75, 3.05) is 6.54 Å². The molecule has 1 N–H and O–H groups in total. The van der Waals surface area contributed by atoms with E-state index in [1.54, 1.807) is 0 Å². The number of benzene rings is 2. The number of rotatable bonds is 4. The Morgan fingerprint density at radius 2 is 1.94 bits per heavy atom. The predicted octanol–water partition coefficient (Wildman–Crippen LogP) is 3.68. The van der Waals surface area contributed by atoms with E-state index in [0.717, 1.165) is 6.54 Å². The highest BCUT2D eigenvalue weighted by atomic mass is 14.9. The number of hydrogen-bond donors (Lipinski definition) is 1. The van der Waals surface area contributed by atoms with Gasteiger partial charge in [0.1, 0.15) is 0 Å². The molecule has 0 saturated heterocycles. The molecule has 1 nitrogen and oxygen atoms in total. The van der Waals surface area contributed by atoms with E-state index in [0.29, 0.717) is 0 Å². The summed E-state index contributed by atoms with van der Waals surface area (Å²) in [6, 6.07) is 15.1. The summed E-state index contributed by atoms with van der Waals surface area (Å²) in [4.78, 5) is 0. The average molecular weight is 211 g/mol. The van der Waals surface area contributed by atoms with Crippen LogP contribution in [0.3, 0.4) is 0 Å². The standard InChI is InChI=1S/C15H17N/c1-3-15(16-4-2)14-11-7-9-12-8-5-6-10-13(12)14/h3,5-11,15-16H,1,4H2,2H3. The molecule has 0 heterocycles. The van der Waals surface area contributed by atoms with Gasteiger partial charge >= 0.3 is 0 Å². The minimum atomic E-state index is 0.232. The van der Waals surface area contributed by atoms with Gasteiger partial charge in [-0.2, -0.15) is 0 Å². The normalized spacial score (nSPS) is 12.6. The molecular formula is C15H17N. The van der Waals surface area contributed by atoms with E-state index in [4.69, 9.17) is 0 Å². The molecule has 2 aromatic rings. The third-order valence-electron chi connectivity index (χ3n) is 2.82. The van der Waals surface area contributed by atoms with Crippen molar-refractivity contribution in [1.29, 1.82) is 0 Å². The van der Waals surface area contributed by atoms with Gasteiger partial charge in [0, 0.05) is 0 Å². The van der Waals surface area contributed by atoms with Gasteiger partial charge in [-0.3, -0.25) is 0 Å². The topological polar surface area (TPSA) is 12.0 Å². The van der Waals surface area contributed by atoms with Crippen LogP contribution in [0.2, 0.25) is 0 Å². The number of hydrogen-bond acceptors (Lipinski definition) is 1. The van der Waals surface area contributed by atoms with Gasteiger partial charge < -0.3 is 5.32 Å². The Morgan fingerprint density at radius 1 is 1.19 bits per heavy atom. The Morgan fingerprint density at radius 3 is 2.69 bits per heavy atom. The van der Waals surface area contributed by atoms with E-state index in [1.165, 1.54) is 16.3 Å². The first kappa shape index (κ1) is 10.9. The van der Waals surface area contributed by atoms with Gasteiger partial charge in [-0.05, 0) is 22.9 Å². The van der Waals surface area contributed by atoms with Gasteiger partial charge in [-0.1, -0.05) is 55.5 Å². The van der Waals surface area contributed by atoms with Crippen molar-refractivity contribution < 1.29 is 0 Å². The molecule has 0 bridgehead atoms. The zero-order valence-corrected chi connectivity index (χ0v) is 9.61. The molecule has 2 aromatic carbocycles. The van der Waals surface area contributed by atoms with Gasteiger partial charge in [0.2, 0.25) is 0 Å². The molecule has 0 fully saturated rings. The molecule has 0 amide bonds. The fourth-order valence-electron chi connectivity index (χ4n) is 2.06. The molecular weight excluding hydrogens is 194 g/mol. The van der Waals surface area contributed by atoms with Crippen molar-refractivity contribution in [2.24, 2.45) is 0 Å². The Kier molecular flexibility index (Phi) is 3.37. The molecule has 1 unspecified atom stereocenters. The van der Waals surface area contributed by atoms with Crippen molar-refractivity contribution in [2.45, 2.75) is 13.0 Å². The average Bonchev–Trinajstić information content (AvgIpc) is 2.35. The van der Waals surface area contributed by atoms with Crippen molar-refractivity contribution in [3.05, 3.63) is 60.7 Å². The molecule has 1 atom stereocenters. The molecule has 0 aliphatic heterocycles. The summed E-state index contributed by atoms with van der Waals surface area (Å²) in [7, 11) is 0. The van der Waals surface area contributed by atoms with Crippen LogP contribution in [-0.2, 0) is 0 Å². The van der Waals surface area contributed by atoms with Gasteiger partial charge in [-0.25, -0.2) is 0 Å². The smallest absolute Gasteiger partial charge is 0.0509 e.